The number of aromatic nitrogens is 2. The minimum absolute atomic E-state index is 0.0699. The van der Waals surface area contributed by atoms with Crippen LogP contribution in [0.1, 0.15) is 47.4 Å². The molecule has 1 heterocycles. The fourth-order valence-corrected chi connectivity index (χ4v) is 1.96. The lowest BCUT2D eigenvalue weighted by Gasteiger charge is -2.25. The average molecular weight is 294 g/mol. The standard InChI is InChI=1S/C16H30N4O/c1-7-17-13-12-14(19-15(18-13)16(4,5)6)20(8-2)10-11-21-9-3/h12H,7-11H2,1-6H3,(H,17,18,19). The summed E-state index contributed by atoms with van der Waals surface area (Å²) in [4.78, 5) is 11.6. The van der Waals surface area contributed by atoms with E-state index in [0.29, 0.717) is 0 Å². The summed E-state index contributed by atoms with van der Waals surface area (Å²) in [7, 11) is 0. The molecule has 0 bridgehead atoms. The monoisotopic (exact) mass is 294 g/mol. The number of anilines is 2. The van der Waals surface area contributed by atoms with Gasteiger partial charge < -0.3 is 15.0 Å². The van der Waals surface area contributed by atoms with E-state index < -0.39 is 0 Å². The quantitative estimate of drug-likeness (QED) is 0.747. The third-order valence-electron chi connectivity index (χ3n) is 3.16. The fourth-order valence-electron chi connectivity index (χ4n) is 1.96. The first-order chi connectivity index (χ1) is 9.92. The molecule has 5 nitrogen and oxygen atoms in total. The van der Waals surface area contributed by atoms with Gasteiger partial charge in [-0.1, -0.05) is 20.8 Å². The lowest BCUT2D eigenvalue weighted by atomic mass is 9.96. The molecule has 0 unspecified atom stereocenters. The summed E-state index contributed by atoms with van der Waals surface area (Å²) in [6.45, 7) is 16.7. The predicted octanol–water partition coefficient (Wildman–Crippen LogP) is 3.07. The first-order valence-electron chi connectivity index (χ1n) is 7.88. The molecule has 0 amide bonds. The normalized spacial score (nSPS) is 11.5. The lowest BCUT2D eigenvalue weighted by Crippen LogP contribution is -2.29. The van der Waals surface area contributed by atoms with Crippen LogP contribution in [0.5, 0.6) is 0 Å². The van der Waals surface area contributed by atoms with E-state index in [1.807, 2.05) is 13.0 Å². The molecule has 5 heteroatoms. The zero-order chi connectivity index (χ0) is 15.9. The fraction of sp³-hybridized carbons (Fsp3) is 0.750. The van der Waals surface area contributed by atoms with Gasteiger partial charge in [0.15, 0.2) is 0 Å². The van der Waals surface area contributed by atoms with Crippen molar-refractivity contribution in [2.75, 3.05) is 43.1 Å². The highest BCUT2D eigenvalue weighted by molar-refractivity contribution is 5.50. The maximum atomic E-state index is 5.46. The molecule has 0 fully saturated rings. The Morgan fingerprint density at radius 1 is 1.19 bits per heavy atom. The molecule has 1 N–H and O–H groups in total. The Bertz CT molecular complexity index is 429. The Hall–Kier alpha value is -1.36. The molecule has 21 heavy (non-hydrogen) atoms. The Kier molecular flexibility index (Phi) is 6.89. The minimum atomic E-state index is -0.0699. The topological polar surface area (TPSA) is 50.3 Å². The van der Waals surface area contributed by atoms with Crippen molar-refractivity contribution in [2.24, 2.45) is 0 Å². The Morgan fingerprint density at radius 2 is 1.90 bits per heavy atom. The molecule has 0 aliphatic carbocycles. The van der Waals surface area contributed by atoms with Gasteiger partial charge in [-0.25, -0.2) is 9.97 Å². The van der Waals surface area contributed by atoms with E-state index in [1.165, 1.54) is 0 Å². The number of ether oxygens (including phenoxy) is 1. The number of nitrogens with one attached hydrogen (secondary N) is 1. The SMILES string of the molecule is CCNc1cc(N(CC)CCOCC)nc(C(C)(C)C)n1. The van der Waals surface area contributed by atoms with Gasteiger partial charge in [-0.2, -0.15) is 0 Å². The van der Waals surface area contributed by atoms with Crippen molar-refractivity contribution >= 4 is 11.6 Å². The van der Waals surface area contributed by atoms with E-state index in [4.69, 9.17) is 9.72 Å². The zero-order valence-corrected chi connectivity index (χ0v) is 14.4. The van der Waals surface area contributed by atoms with Crippen molar-refractivity contribution in [1.82, 2.24) is 9.97 Å². The summed E-state index contributed by atoms with van der Waals surface area (Å²) < 4.78 is 5.46. The molecule has 1 rings (SSSR count). The molecular weight excluding hydrogens is 264 g/mol. The lowest BCUT2D eigenvalue weighted by molar-refractivity contribution is 0.154. The number of rotatable bonds is 8. The Morgan fingerprint density at radius 3 is 2.43 bits per heavy atom. The van der Waals surface area contributed by atoms with E-state index in [1.54, 1.807) is 0 Å². The van der Waals surface area contributed by atoms with E-state index in [2.05, 4.69) is 49.8 Å². The number of nitrogens with zero attached hydrogens (tertiary/aromatic N) is 3. The second-order valence-electron chi connectivity index (χ2n) is 5.99. The first-order valence-corrected chi connectivity index (χ1v) is 7.88. The van der Waals surface area contributed by atoms with Crippen LogP contribution in [-0.4, -0.2) is 42.8 Å². The molecule has 1 aromatic rings. The van der Waals surface area contributed by atoms with Gasteiger partial charge >= 0.3 is 0 Å². The molecule has 0 aromatic carbocycles. The summed E-state index contributed by atoms with van der Waals surface area (Å²) >= 11 is 0. The largest absolute Gasteiger partial charge is 0.380 e. The molecule has 0 radical (unpaired) electrons. The van der Waals surface area contributed by atoms with Gasteiger partial charge in [0.1, 0.15) is 17.5 Å². The van der Waals surface area contributed by atoms with Crippen LogP contribution in [0.3, 0.4) is 0 Å². The summed E-state index contributed by atoms with van der Waals surface area (Å²) in [6.07, 6.45) is 0. The molecule has 0 aliphatic rings. The van der Waals surface area contributed by atoms with Crippen LogP contribution < -0.4 is 10.2 Å². The number of likely N-dealkylation sites (N-methyl/N-ethyl adjacent to an activating group) is 1. The third kappa shape index (κ3) is 5.50. The van der Waals surface area contributed by atoms with Crippen LogP contribution in [0.15, 0.2) is 6.07 Å². The summed E-state index contributed by atoms with van der Waals surface area (Å²) in [6, 6.07) is 2.02. The van der Waals surface area contributed by atoms with Crippen molar-refractivity contribution in [3.8, 4) is 0 Å². The van der Waals surface area contributed by atoms with E-state index >= 15 is 0 Å². The van der Waals surface area contributed by atoms with Crippen molar-refractivity contribution in [3.05, 3.63) is 11.9 Å². The van der Waals surface area contributed by atoms with Gasteiger partial charge in [0, 0.05) is 37.7 Å². The second-order valence-corrected chi connectivity index (χ2v) is 5.99. The van der Waals surface area contributed by atoms with Crippen LogP contribution >= 0.6 is 0 Å². The van der Waals surface area contributed by atoms with E-state index in [9.17, 15) is 0 Å². The van der Waals surface area contributed by atoms with Crippen LogP contribution in [-0.2, 0) is 10.2 Å². The summed E-state index contributed by atoms with van der Waals surface area (Å²) in [5.41, 5.74) is -0.0699. The van der Waals surface area contributed by atoms with Crippen LogP contribution in [0.2, 0.25) is 0 Å². The molecule has 0 spiro atoms. The molecular formula is C16H30N4O. The minimum Gasteiger partial charge on any atom is -0.380 e. The number of hydrogen-bond acceptors (Lipinski definition) is 5. The van der Waals surface area contributed by atoms with Crippen molar-refractivity contribution in [1.29, 1.82) is 0 Å². The first kappa shape index (κ1) is 17.7. The van der Waals surface area contributed by atoms with Crippen molar-refractivity contribution in [2.45, 2.75) is 47.0 Å². The third-order valence-corrected chi connectivity index (χ3v) is 3.16. The van der Waals surface area contributed by atoms with Crippen molar-refractivity contribution < 1.29 is 4.74 Å². The highest BCUT2D eigenvalue weighted by Crippen LogP contribution is 2.24. The van der Waals surface area contributed by atoms with Gasteiger partial charge in [0.05, 0.1) is 6.61 Å². The van der Waals surface area contributed by atoms with Crippen molar-refractivity contribution in [3.63, 3.8) is 0 Å². The van der Waals surface area contributed by atoms with Gasteiger partial charge in [-0.3, -0.25) is 0 Å². The highest BCUT2D eigenvalue weighted by atomic mass is 16.5. The maximum absolute atomic E-state index is 5.46. The highest BCUT2D eigenvalue weighted by Gasteiger charge is 2.20. The van der Waals surface area contributed by atoms with E-state index in [-0.39, 0.29) is 5.41 Å². The summed E-state index contributed by atoms with van der Waals surface area (Å²) in [5.74, 6) is 2.72. The Balaban J connectivity index is 3.04. The smallest absolute Gasteiger partial charge is 0.138 e. The van der Waals surface area contributed by atoms with Crippen LogP contribution in [0.25, 0.3) is 0 Å². The summed E-state index contributed by atoms with van der Waals surface area (Å²) in [5, 5.41) is 3.30. The van der Waals surface area contributed by atoms with Gasteiger partial charge in [-0.05, 0) is 20.8 Å². The number of hydrogen-bond donors (Lipinski definition) is 1. The second kappa shape index (κ2) is 8.17. The van der Waals surface area contributed by atoms with Crippen LogP contribution in [0.4, 0.5) is 11.6 Å². The average Bonchev–Trinajstić information content (AvgIpc) is 2.43. The molecule has 0 saturated heterocycles. The zero-order valence-electron chi connectivity index (χ0n) is 14.4. The van der Waals surface area contributed by atoms with E-state index in [0.717, 1.165) is 50.3 Å². The van der Waals surface area contributed by atoms with Crippen LogP contribution in [0, 0.1) is 0 Å². The Labute approximate surface area is 129 Å². The predicted molar refractivity (Wildman–Crippen MR) is 89.3 cm³/mol. The van der Waals surface area contributed by atoms with Gasteiger partial charge in [0.25, 0.3) is 0 Å². The molecule has 0 saturated carbocycles. The molecule has 1 aromatic heterocycles. The molecule has 0 atom stereocenters. The molecule has 0 aliphatic heterocycles. The molecule has 120 valence electrons. The van der Waals surface area contributed by atoms with Gasteiger partial charge in [0.2, 0.25) is 0 Å². The maximum Gasteiger partial charge on any atom is 0.138 e. The van der Waals surface area contributed by atoms with Gasteiger partial charge in [-0.15, -0.1) is 0 Å².